The Morgan fingerprint density at radius 3 is 2.38 bits per heavy atom. The second kappa shape index (κ2) is 10.2. The highest BCUT2D eigenvalue weighted by Crippen LogP contribution is 2.10. The molecule has 0 radical (unpaired) electrons. The number of hydrogen-bond donors (Lipinski definition) is 3. The van der Waals surface area contributed by atoms with E-state index in [1.54, 1.807) is 43.8 Å². The average molecular weight is 396 g/mol. The number of thioether (sulfide) groups is 1. The molecule has 138 valence electrons. The molecule has 0 aromatic heterocycles. The Kier molecular flexibility index (Phi) is 9.91. The van der Waals surface area contributed by atoms with Crippen LogP contribution in [0.4, 0.5) is 0 Å². The molecular weight excluding hydrogens is 370 g/mol. The van der Waals surface area contributed by atoms with Crippen LogP contribution in [0.5, 0.6) is 0 Å². The number of amides is 1. The number of nitrogens with two attached hydrogens (primary N) is 1. The molecule has 0 aliphatic heterocycles. The van der Waals surface area contributed by atoms with E-state index in [0.717, 1.165) is 0 Å². The smallest absolute Gasteiger partial charge is 0.241 e. The van der Waals surface area contributed by atoms with Gasteiger partial charge in [0.05, 0.1) is 4.90 Å². The summed E-state index contributed by atoms with van der Waals surface area (Å²) >= 11 is 1.55. The summed E-state index contributed by atoms with van der Waals surface area (Å²) in [7, 11) is -3.74. The van der Waals surface area contributed by atoms with Gasteiger partial charge in [0.15, 0.2) is 0 Å². The molecule has 0 saturated carbocycles. The Hall–Kier alpha value is -0.800. The normalized spacial score (nSPS) is 13.0. The number of benzene rings is 1. The molecule has 0 bridgehead atoms. The minimum Gasteiger partial charge on any atom is -0.353 e. The Morgan fingerprint density at radius 1 is 1.29 bits per heavy atom. The number of nitrogens with one attached hydrogen (secondary N) is 2. The first-order valence-electron chi connectivity index (χ1n) is 7.28. The summed E-state index contributed by atoms with van der Waals surface area (Å²) in [5, 5.41) is 2.71. The number of sulfonamides is 1. The third-order valence-electron chi connectivity index (χ3n) is 3.00. The van der Waals surface area contributed by atoms with Crippen LogP contribution in [0.15, 0.2) is 35.2 Å². The van der Waals surface area contributed by atoms with E-state index in [2.05, 4.69) is 10.0 Å². The van der Waals surface area contributed by atoms with E-state index in [-0.39, 0.29) is 29.8 Å². The minimum absolute atomic E-state index is 0. The van der Waals surface area contributed by atoms with Crippen LogP contribution in [-0.2, 0) is 14.8 Å². The predicted molar refractivity (Wildman–Crippen MR) is 102 cm³/mol. The topological polar surface area (TPSA) is 101 Å². The monoisotopic (exact) mass is 395 g/mol. The second-order valence-corrected chi connectivity index (χ2v) is 8.67. The third kappa shape index (κ3) is 8.34. The summed E-state index contributed by atoms with van der Waals surface area (Å²) in [6.45, 7) is 3.85. The van der Waals surface area contributed by atoms with Gasteiger partial charge in [-0.2, -0.15) is 16.5 Å². The fourth-order valence-electron chi connectivity index (χ4n) is 1.77. The van der Waals surface area contributed by atoms with Crippen molar-refractivity contribution >= 4 is 40.1 Å². The Labute approximate surface area is 154 Å². The molecule has 1 amide bonds. The van der Waals surface area contributed by atoms with Gasteiger partial charge in [-0.05, 0) is 44.4 Å². The second-order valence-electron chi connectivity index (χ2n) is 5.97. The van der Waals surface area contributed by atoms with Gasteiger partial charge in [-0.25, -0.2) is 8.42 Å². The molecular formula is C15H26ClN3O3S2. The van der Waals surface area contributed by atoms with Gasteiger partial charge in [0.2, 0.25) is 15.9 Å². The van der Waals surface area contributed by atoms with Crippen molar-refractivity contribution in [1.82, 2.24) is 10.0 Å². The summed E-state index contributed by atoms with van der Waals surface area (Å²) in [4.78, 5) is 12.4. The molecule has 1 unspecified atom stereocenters. The highest BCUT2D eigenvalue weighted by molar-refractivity contribution is 7.98. The molecule has 0 fully saturated rings. The van der Waals surface area contributed by atoms with E-state index in [9.17, 15) is 13.2 Å². The molecule has 0 aliphatic carbocycles. The summed E-state index contributed by atoms with van der Waals surface area (Å²) in [5.41, 5.74) is 5.29. The van der Waals surface area contributed by atoms with Crippen LogP contribution in [0.3, 0.4) is 0 Å². The number of rotatable bonds is 9. The molecule has 4 N–H and O–H groups in total. The maximum Gasteiger partial charge on any atom is 0.241 e. The fraction of sp³-hybridized carbons (Fsp3) is 0.533. The molecule has 6 nitrogen and oxygen atoms in total. The van der Waals surface area contributed by atoms with Crippen LogP contribution in [-0.4, -0.2) is 44.5 Å². The number of hydrogen-bond acceptors (Lipinski definition) is 5. The SMILES string of the molecule is CSCCC(NS(=O)(=O)c1ccccc1)C(=O)NCC(C)(C)N.Cl. The number of carbonyl (C=O) groups excluding carboxylic acids is 1. The number of halogens is 1. The molecule has 0 spiro atoms. The van der Waals surface area contributed by atoms with Crippen LogP contribution in [0.25, 0.3) is 0 Å². The summed E-state index contributed by atoms with van der Waals surface area (Å²) in [6.07, 6.45) is 2.31. The first-order chi connectivity index (χ1) is 10.7. The zero-order valence-corrected chi connectivity index (χ0v) is 16.6. The Morgan fingerprint density at radius 2 is 1.88 bits per heavy atom. The zero-order chi connectivity index (χ0) is 17.5. The Bertz CT molecular complexity index is 604. The van der Waals surface area contributed by atoms with Crippen LogP contribution >= 0.6 is 24.2 Å². The molecule has 1 atom stereocenters. The molecule has 1 aromatic rings. The first kappa shape index (κ1) is 23.2. The maximum atomic E-state index is 12.4. The summed E-state index contributed by atoms with van der Waals surface area (Å²) < 4.78 is 27.3. The van der Waals surface area contributed by atoms with Gasteiger partial charge in [-0.1, -0.05) is 18.2 Å². The lowest BCUT2D eigenvalue weighted by atomic mass is 10.1. The van der Waals surface area contributed by atoms with Gasteiger partial charge in [-0.15, -0.1) is 12.4 Å². The van der Waals surface area contributed by atoms with Gasteiger partial charge in [-0.3, -0.25) is 4.79 Å². The van der Waals surface area contributed by atoms with E-state index < -0.39 is 21.6 Å². The lowest BCUT2D eigenvalue weighted by molar-refractivity contribution is -0.123. The lowest BCUT2D eigenvalue weighted by Gasteiger charge is -2.22. The molecule has 0 heterocycles. The van der Waals surface area contributed by atoms with Crippen molar-refractivity contribution in [2.45, 2.75) is 36.7 Å². The van der Waals surface area contributed by atoms with Crippen LogP contribution in [0.2, 0.25) is 0 Å². The molecule has 9 heteroatoms. The quantitative estimate of drug-likeness (QED) is 0.586. The predicted octanol–water partition coefficient (Wildman–Crippen LogP) is 1.36. The van der Waals surface area contributed by atoms with E-state index in [1.165, 1.54) is 12.1 Å². The van der Waals surface area contributed by atoms with E-state index in [0.29, 0.717) is 12.2 Å². The van der Waals surface area contributed by atoms with E-state index >= 15 is 0 Å². The molecule has 1 aromatic carbocycles. The summed E-state index contributed by atoms with van der Waals surface area (Å²) in [5.74, 6) is 0.304. The molecule has 1 rings (SSSR count). The van der Waals surface area contributed by atoms with E-state index in [4.69, 9.17) is 5.73 Å². The van der Waals surface area contributed by atoms with Crippen molar-refractivity contribution in [2.75, 3.05) is 18.6 Å². The average Bonchev–Trinajstić information content (AvgIpc) is 2.49. The van der Waals surface area contributed by atoms with Crippen molar-refractivity contribution in [3.63, 3.8) is 0 Å². The highest BCUT2D eigenvalue weighted by atomic mass is 35.5. The summed E-state index contributed by atoms with van der Waals surface area (Å²) in [6, 6.07) is 7.18. The fourth-order valence-corrected chi connectivity index (χ4v) is 3.49. The van der Waals surface area contributed by atoms with Crippen LogP contribution < -0.4 is 15.8 Å². The van der Waals surface area contributed by atoms with Gasteiger partial charge < -0.3 is 11.1 Å². The van der Waals surface area contributed by atoms with Crippen LogP contribution in [0.1, 0.15) is 20.3 Å². The third-order valence-corrected chi connectivity index (χ3v) is 5.13. The minimum atomic E-state index is -3.74. The maximum absolute atomic E-state index is 12.4. The van der Waals surface area contributed by atoms with Gasteiger partial charge in [0.25, 0.3) is 0 Å². The van der Waals surface area contributed by atoms with Crippen LogP contribution in [0, 0.1) is 0 Å². The highest BCUT2D eigenvalue weighted by Gasteiger charge is 2.26. The van der Waals surface area contributed by atoms with Crippen molar-refractivity contribution in [3.05, 3.63) is 30.3 Å². The van der Waals surface area contributed by atoms with Crippen molar-refractivity contribution in [1.29, 1.82) is 0 Å². The first-order valence-corrected chi connectivity index (χ1v) is 10.2. The molecule has 24 heavy (non-hydrogen) atoms. The Balaban J connectivity index is 0.00000529. The lowest BCUT2D eigenvalue weighted by Crippen LogP contribution is -2.52. The van der Waals surface area contributed by atoms with Gasteiger partial charge in [0, 0.05) is 12.1 Å². The molecule has 0 saturated heterocycles. The van der Waals surface area contributed by atoms with E-state index in [1.807, 2.05) is 6.26 Å². The number of carbonyl (C=O) groups is 1. The van der Waals surface area contributed by atoms with Gasteiger partial charge in [0.1, 0.15) is 6.04 Å². The van der Waals surface area contributed by atoms with Gasteiger partial charge >= 0.3 is 0 Å². The zero-order valence-electron chi connectivity index (χ0n) is 14.1. The van der Waals surface area contributed by atoms with Crippen molar-refractivity contribution in [3.8, 4) is 0 Å². The molecule has 0 aliphatic rings. The largest absolute Gasteiger partial charge is 0.353 e. The van der Waals surface area contributed by atoms with Crippen molar-refractivity contribution in [2.24, 2.45) is 5.73 Å². The van der Waals surface area contributed by atoms with Crippen molar-refractivity contribution < 1.29 is 13.2 Å². The standard InChI is InChI=1S/C15H25N3O3S2.ClH/c1-15(2,16)11-17-14(19)13(9-10-22-3)18-23(20,21)12-7-5-4-6-8-12;/h4-8,13,18H,9-11,16H2,1-3H3,(H,17,19);1H.